The molecule has 1 amide bonds. The maximum absolute atomic E-state index is 12.5. The van der Waals surface area contributed by atoms with Crippen LogP contribution in [0.4, 0.5) is 0 Å². The van der Waals surface area contributed by atoms with Crippen molar-refractivity contribution in [2.45, 2.75) is 38.6 Å². The molecule has 1 unspecified atom stereocenters. The van der Waals surface area contributed by atoms with Crippen LogP contribution in [0.5, 0.6) is 11.5 Å². The highest BCUT2D eigenvalue weighted by atomic mass is 16.5. The van der Waals surface area contributed by atoms with Gasteiger partial charge in [-0.25, -0.2) is 4.79 Å². The topological polar surface area (TPSA) is 94.1 Å². The summed E-state index contributed by atoms with van der Waals surface area (Å²) in [7, 11) is 0. The van der Waals surface area contributed by atoms with Crippen LogP contribution >= 0.6 is 0 Å². The lowest BCUT2D eigenvalue weighted by atomic mass is 9.98. The van der Waals surface area contributed by atoms with Crippen LogP contribution in [0.25, 0.3) is 0 Å². The van der Waals surface area contributed by atoms with E-state index in [4.69, 9.17) is 14.2 Å². The van der Waals surface area contributed by atoms with Crippen LogP contribution in [-0.2, 0) is 9.53 Å². The summed E-state index contributed by atoms with van der Waals surface area (Å²) in [5, 5.41) is 12.0. The van der Waals surface area contributed by atoms with E-state index >= 15 is 0 Å². The average molecular weight is 351 g/mol. The van der Waals surface area contributed by atoms with E-state index in [1.807, 2.05) is 13.8 Å². The van der Waals surface area contributed by atoms with Crippen molar-refractivity contribution in [2.24, 2.45) is 0 Å². The highest BCUT2D eigenvalue weighted by Gasteiger charge is 2.44. The Bertz CT molecular complexity index is 610. The predicted molar refractivity (Wildman–Crippen MR) is 91.3 cm³/mol. The van der Waals surface area contributed by atoms with E-state index in [1.54, 1.807) is 18.2 Å². The van der Waals surface area contributed by atoms with E-state index in [-0.39, 0.29) is 13.0 Å². The van der Waals surface area contributed by atoms with Crippen LogP contribution in [0.2, 0.25) is 0 Å². The Hall–Kier alpha value is -2.28. The number of carbonyl (C=O) groups is 2. The highest BCUT2D eigenvalue weighted by molar-refractivity contribution is 5.98. The Morgan fingerprint density at radius 1 is 1.20 bits per heavy atom. The van der Waals surface area contributed by atoms with Gasteiger partial charge in [0, 0.05) is 18.6 Å². The minimum Gasteiger partial charge on any atom is -0.490 e. The molecule has 0 spiro atoms. The van der Waals surface area contributed by atoms with E-state index in [0.29, 0.717) is 36.9 Å². The van der Waals surface area contributed by atoms with Gasteiger partial charge in [0.2, 0.25) is 0 Å². The monoisotopic (exact) mass is 351 g/mol. The molecule has 0 radical (unpaired) electrons. The molecule has 2 N–H and O–H groups in total. The number of nitrogens with one attached hydrogen (secondary N) is 1. The summed E-state index contributed by atoms with van der Waals surface area (Å²) in [6, 6.07) is 4.86. The lowest BCUT2D eigenvalue weighted by Gasteiger charge is -2.24. The average Bonchev–Trinajstić information content (AvgIpc) is 3.08. The first-order chi connectivity index (χ1) is 12.0. The molecule has 138 valence electrons. The molecule has 0 aliphatic carbocycles. The summed E-state index contributed by atoms with van der Waals surface area (Å²) in [5.41, 5.74) is -1.05. The minimum atomic E-state index is -1.38. The number of carbonyl (C=O) groups excluding carboxylic acids is 1. The summed E-state index contributed by atoms with van der Waals surface area (Å²) < 4.78 is 16.5. The molecule has 1 fully saturated rings. The lowest BCUT2D eigenvalue weighted by molar-refractivity contribution is -0.144. The van der Waals surface area contributed by atoms with Crippen molar-refractivity contribution < 1.29 is 28.9 Å². The van der Waals surface area contributed by atoms with Gasteiger partial charge in [-0.1, -0.05) is 13.8 Å². The van der Waals surface area contributed by atoms with E-state index in [0.717, 1.165) is 12.8 Å². The number of benzene rings is 1. The normalized spacial score (nSPS) is 19.4. The second kappa shape index (κ2) is 8.71. The molecule has 1 heterocycles. The first kappa shape index (κ1) is 19.1. The van der Waals surface area contributed by atoms with E-state index in [9.17, 15) is 14.7 Å². The number of ether oxygens (including phenoxy) is 3. The van der Waals surface area contributed by atoms with Gasteiger partial charge in [0.05, 0.1) is 19.8 Å². The molecule has 1 atom stereocenters. The number of aliphatic carboxylic acids is 1. The van der Waals surface area contributed by atoms with Gasteiger partial charge in [-0.2, -0.15) is 0 Å². The fourth-order valence-corrected chi connectivity index (χ4v) is 2.48. The van der Waals surface area contributed by atoms with Gasteiger partial charge in [0.1, 0.15) is 0 Å². The largest absolute Gasteiger partial charge is 0.490 e. The molecule has 1 saturated heterocycles. The van der Waals surface area contributed by atoms with Crippen LogP contribution in [0.1, 0.15) is 43.5 Å². The van der Waals surface area contributed by atoms with E-state index in [2.05, 4.69) is 5.32 Å². The van der Waals surface area contributed by atoms with Gasteiger partial charge in [0.15, 0.2) is 17.0 Å². The second-order valence-electron chi connectivity index (χ2n) is 6.00. The van der Waals surface area contributed by atoms with Crippen molar-refractivity contribution in [1.82, 2.24) is 5.32 Å². The molecule has 0 saturated carbocycles. The van der Waals surface area contributed by atoms with Crippen molar-refractivity contribution >= 4 is 11.9 Å². The molecule has 1 aliphatic heterocycles. The van der Waals surface area contributed by atoms with Gasteiger partial charge in [-0.3, -0.25) is 4.79 Å². The third-order valence-corrected chi connectivity index (χ3v) is 3.91. The fraction of sp³-hybridized carbons (Fsp3) is 0.556. The summed E-state index contributed by atoms with van der Waals surface area (Å²) >= 11 is 0. The Morgan fingerprint density at radius 3 is 2.44 bits per heavy atom. The molecular formula is C18H25NO6. The first-order valence-corrected chi connectivity index (χ1v) is 8.55. The van der Waals surface area contributed by atoms with Gasteiger partial charge in [0.25, 0.3) is 5.91 Å². The molecule has 1 aromatic carbocycles. The fourth-order valence-electron chi connectivity index (χ4n) is 2.48. The number of amides is 1. The van der Waals surface area contributed by atoms with Gasteiger partial charge < -0.3 is 24.6 Å². The molecule has 1 aliphatic rings. The van der Waals surface area contributed by atoms with Crippen molar-refractivity contribution in [2.75, 3.05) is 26.4 Å². The smallest absolute Gasteiger partial charge is 0.331 e. The quantitative estimate of drug-likeness (QED) is 0.709. The molecule has 25 heavy (non-hydrogen) atoms. The summed E-state index contributed by atoms with van der Waals surface area (Å²) in [6.45, 7) is 5.31. The molecular weight excluding hydrogens is 326 g/mol. The van der Waals surface area contributed by atoms with E-state index < -0.39 is 17.4 Å². The number of hydrogen-bond donors (Lipinski definition) is 2. The molecule has 1 aromatic rings. The highest BCUT2D eigenvalue weighted by Crippen LogP contribution is 2.29. The Labute approximate surface area is 147 Å². The third kappa shape index (κ3) is 4.63. The first-order valence-electron chi connectivity index (χ1n) is 8.55. The van der Waals surface area contributed by atoms with Crippen LogP contribution in [0.15, 0.2) is 18.2 Å². The van der Waals surface area contributed by atoms with E-state index in [1.165, 1.54) is 0 Å². The number of hydrogen-bond acceptors (Lipinski definition) is 5. The van der Waals surface area contributed by atoms with Crippen LogP contribution < -0.4 is 14.8 Å². The zero-order valence-electron chi connectivity index (χ0n) is 14.7. The maximum atomic E-state index is 12.5. The predicted octanol–water partition coefficient (Wildman–Crippen LogP) is 2.24. The third-order valence-electron chi connectivity index (χ3n) is 3.91. The standard InChI is InChI=1S/C18H25NO6/c1-3-8-24-14-6-5-13(11-15(14)25-9-4-2)16(20)19-18(17(21)22)7-10-23-12-18/h5-6,11H,3-4,7-10,12H2,1-2H3,(H,19,20)(H,21,22). The number of carboxylic acid groups (broad SMARTS) is 1. The Morgan fingerprint density at radius 2 is 1.88 bits per heavy atom. The minimum absolute atomic E-state index is 0.0367. The zero-order chi connectivity index (χ0) is 18.3. The van der Waals surface area contributed by atoms with Crippen molar-refractivity contribution in [1.29, 1.82) is 0 Å². The van der Waals surface area contributed by atoms with Crippen LogP contribution in [0.3, 0.4) is 0 Å². The zero-order valence-corrected chi connectivity index (χ0v) is 14.7. The van der Waals surface area contributed by atoms with Crippen LogP contribution in [0, 0.1) is 0 Å². The summed E-state index contributed by atoms with van der Waals surface area (Å²) in [5.74, 6) is -0.515. The van der Waals surface area contributed by atoms with Gasteiger partial charge in [-0.05, 0) is 31.0 Å². The van der Waals surface area contributed by atoms with Gasteiger partial charge in [-0.15, -0.1) is 0 Å². The summed E-state index contributed by atoms with van der Waals surface area (Å²) in [6.07, 6.45) is 1.92. The Kier molecular flexibility index (Phi) is 6.64. The molecule has 0 bridgehead atoms. The van der Waals surface area contributed by atoms with Gasteiger partial charge >= 0.3 is 5.97 Å². The maximum Gasteiger partial charge on any atom is 0.331 e. The Balaban J connectivity index is 2.19. The SMILES string of the molecule is CCCOc1ccc(C(=O)NC2(C(=O)O)CCOC2)cc1OCCC. The van der Waals surface area contributed by atoms with Crippen LogP contribution in [-0.4, -0.2) is 48.9 Å². The lowest BCUT2D eigenvalue weighted by Crippen LogP contribution is -2.55. The second-order valence-corrected chi connectivity index (χ2v) is 6.00. The van der Waals surface area contributed by atoms with Crippen molar-refractivity contribution in [3.8, 4) is 11.5 Å². The molecule has 2 rings (SSSR count). The molecule has 7 heteroatoms. The number of rotatable bonds is 9. The van der Waals surface area contributed by atoms with Crippen molar-refractivity contribution in [3.05, 3.63) is 23.8 Å². The molecule has 7 nitrogen and oxygen atoms in total. The summed E-state index contributed by atoms with van der Waals surface area (Å²) in [4.78, 5) is 24.1. The molecule has 0 aromatic heterocycles. The number of carboxylic acids is 1. The van der Waals surface area contributed by atoms with Crippen molar-refractivity contribution in [3.63, 3.8) is 0 Å².